The maximum absolute atomic E-state index is 13.9. The molecule has 3 N–H and O–H groups in total. The zero-order chi connectivity index (χ0) is 18.5. The first kappa shape index (κ1) is 17.2. The first-order valence-electron chi connectivity index (χ1n) is 8.48. The lowest BCUT2D eigenvalue weighted by Gasteiger charge is -2.44. The topological polar surface area (TPSA) is 69.2 Å². The smallest absolute Gasteiger partial charge is 0.146 e. The first-order valence-corrected chi connectivity index (χ1v) is 9.05. The zero-order valence-electron chi connectivity index (χ0n) is 14.2. The SMILES string of the molecule is N=C(c1c(P)ccc(F)c1N)N1CCN(c2ccc(F)cn2)CC12CC2. The molecule has 4 rings (SSSR count). The number of benzene rings is 1. The number of nitrogens with one attached hydrogen (secondary N) is 1. The molecule has 1 aliphatic carbocycles. The molecule has 1 aliphatic heterocycles. The minimum absolute atomic E-state index is 0.0148. The van der Waals surface area contributed by atoms with E-state index in [1.165, 1.54) is 18.3 Å². The van der Waals surface area contributed by atoms with Gasteiger partial charge < -0.3 is 15.5 Å². The van der Waals surface area contributed by atoms with E-state index < -0.39 is 5.82 Å². The van der Waals surface area contributed by atoms with Gasteiger partial charge in [-0.15, -0.1) is 9.24 Å². The van der Waals surface area contributed by atoms with Gasteiger partial charge in [-0.2, -0.15) is 0 Å². The van der Waals surface area contributed by atoms with Crippen LogP contribution in [0.1, 0.15) is 18.4 Å². The molecule has 1 saturated carbocycles. The van der Waals surface area contributed by atoms with Gasteiger partial charge in [0.25, 0.3) is 0 Å². The Balaban J connectivity index is 1.60. The van der Waals surface area contributed by atoms with Crippen LogP contribution in [0.15, 0.2) is 30.5 Å². The van der Waals surface area contributed by atoms with Crippen LogP contribution < -0.4 is 15.9 Å². The van der Waals surface area contributed by atoms with Gasteiger partial charge in [-0.05, 0) is 36.3 Å². The van der Waals surface area contributed by atoms with Crippen molar-refractivity contribution in [1.29, 1.82) is 5.41 Å². The number of rotatable bonds is 2. The molecule has 1 aromatic carbocycles. The van der Waals surface area contributed by atoms with Gasteiger partial charge in [-0.25, -0.2) is 13.8 Å². The Morgan fingerprint density at radius 1 is 1.19 bits per heavy atom. The molecule has 1 atom stereocenters. The van der Waals surface area contributed by atoms with Crippen LogP contribution in [-0.4, -0.2) is 40.9 Å². The summed E-state index contributed by atoms with van der Waals surface area (Å²) in [5, 5.41) is 9.39. The van der Waals surface area contributed by atoms with Crippen molar-refractivity contribution in [2.75, 3.05) is 30.3 Å². The van der Waals surface area contributed by atoms with Crippen molar-refractivity contribution in [3.05, 3.63) is 47.7 Å². The van der Waals surface area contributed by atoms with Crippen LogP contribution in [-0.2, 0) is 0 Å². The van der Waals surface area contributed by atoms with Crippen molar-refractivity contribution in [1.82, 2.24) is 9.88 Å². The van der Waals surface area contributed by atoms with Crippen molar-refractivity contribution in [2.24, 2.45) is 0 Å². The molecule has 1 aromatic heterocycles. The van der Waals surface area contributed by atoms with Crippen molar-refractivity contribution in [3.63, 3.8) is 0 Å². The summed E-state index contributed by atoms with van der Waals surface area (Å²) in [5.74, 6) is 0.136. The third-order valence-electron chi connectivity index (χ3n) is 5.25. The summed E-state index contributed by atoms with van der Waals surface area (Å²) in [7, 11) is 2.53. The minimum Gasteiger partial charge on any atom is -0.396 e. The molecule has 1 spiro atoms. The zero-order valence-corrected chi connectivity index (χ0v) is 15.3. The normalized spacial score (nSPS) is 18.3. The van der Waals surface area contributed by atoms with Crippen molar-refractivity contribution < 1.29 is 8.78 Å². The summed E-state index contributed by atoms with van der Waals surface area (Å²) in [6, 6.07) is 6.03. The Hall–Kier alpha value is -2.27. The van der Waals surface area contributed by atoms with E-state index in [9.17, 15) is 8.78 Å². The van der Waals surface area contributed by atoms with E-state index in [2.05, 4.69) is 19.1 Å². The lowest BCUT2D eigenvalue weighted by Crippen LogP contribution is -2.57. The molecule has 1 saturated heterocycles. The summed E-state index contributed by atoms with van der Waals surface area (Å²) in [4.78, 5) is 8.32. The summed E-state index contributed by atoms with van der Waals surface area (Å²) >= 11 is 0. The number of anilines is 2. The van der Waals surface area contributed by atoms with E-state index >= 15 is 0 Å². The van der Waals surface area contributed by atoms with Crippen LogP contribution in [0.3, 0.4) is 0 Å². The molecule has 0 bridgehead atoms. The minimum atomic E-state index is -0.505. The van der Waals surface area contributed by atoms with Crippen molar-refractivity contribution in [2.45, 2.75) is 18.4 Å². The number of halogens is 2. The van der Waals surface area contributed by atoms with E-state index in [-0.39, 0.29) is 22.9 Å². The number of nitrogens with two attached hydrogens (primary N) is 1. The van der Waals surface area contributed by atoms with Gasteiger partial charge in [0.15, 0.2) is 0 Å². The number of nitrogens with zero attached hydrogens (tertiary/aromatic N) is 3. The maximum Gasteiger partial charge on any atom is 0.146 e. The Bertz CT molecular complexity index is 867. The fourth-order valence-corrected chi connectivity index (χ4v) is 4.05. The molecule has 26 heavy (non-hydrogen) atoms. The predicted molar refractivity (Wildman–Crippen MR) is 102 cm³/mol. The Labute approximate surface area is 152 Å². The molecule has 8 heteroatoms. The molecule has 2 heterocycles. The van der Waals surface area contributed by atoms with Crippen molar-refractivity contribution >= 4 is 31.9 Å². The summed E-state index contributed by atoms with van der Waals surface area (Å²) in [5.41, 5.74) is 6.21. The molecular weight excluding hydrogens is 355 g/mol. The quantitative estimate of drug-likeness (QED) is 0.365. The largest absolute Gasteiger partial charge is 0.396 e. The van der Waals surface area contributed by atoms with Gasteiger partial charge in [-0.3, -0.25) is 5.41 Å². The third-order valence-corrected chi connectivity index (χ3v) is 5.73. The average molecular weight is 375 g/mol. The van der Waals surface area contributed by atoms with Gasteiger partial charge in [0.1, 0.15) is 23.3 Å². The number of nitrogen functional groups attached to an aromatic ring is 1. The summed E-state index contributed by atoms with van der Waals surface area (Å²) in [6.07, 6.45) is 3.13. The van der Waals surface area contributed by atoms with Crippen molar-refractivity contribution in [3.8, 4) is 0 Å². The second-order valence-corrected chi connectivity index (χ2v) is 7.53. The average Bonchev–Trinajstić information content (AvgIpc) is 3.38. The Kier molecular flexibility index (Phi) is 4.07. The maximum atomic E-state index is 13.9. The lowest BCUT2D eigenvalue weighted by molar-refractivity contribution is 0.258. The van der Waals surface area contributed by atoms with Crippen LogP contribution in [0.5, 0.6) is 0 Å². The number of amidine groups is 1. The second kappa shape index (κ2) is 6.16. The van der Waals surface area contributed by atoms with Gasteiger partial charge in [0.2, 0.25) is 0 Å². The molecule has 2 aliphatic rings. The predicted octanol–water partition coefficient (Wildman–Crippen LogP) is 2.12. The van der Waals surface area contributed by atoms with Crippen LogP contribution in [0, 0.1) is 17.0 Å². The van der Waals surface area contributed by atoms with E-state index in [4.69, 9.17) is 11.1 Å². The second-order valence-electron chi connectivity index (χ2n) is 6.91. The van der Waals surface area contributed by atoms with Crippen LogP contribution in [0.4, 0.5) is 20.3 Å². The first-order chi connectivity index (χ1) is 12.4. The highest BCUT2D eigenvalue weighted by molar-refractivity contribution is 7.27. The third kappa shape index (κ3) is 2.80. The number of hydrogen-bond acceptors (Lipinski definition) is 4. The number of hydrogen-bond donors (Lipinski definition) is 2. The molecule has 1 unspecified atom stereocenters. The molecule has 136 valence electrons. The fraction of sp³-hybridized carbons (Fsp3) is 0.333. The molecule has 5 nitrogen and oxygen atoms in total. The number of aromatic nitrogens is 1. The van der Waals surface area contributed by atoms with E-state index in [0.717, 1.165) is 18.7 Å². The molecule has 0 amide bonds. The van der Waals surface area contributed by atoms with Crippen LogP contribution in [0.2, 0.25) is 0 Å². The monoisotopic (exact) mass is 375 g/mol. The highest BCUT2D eigenvalue weighted by Crippen LogP contribution is 2.45. The molecule has 2 aromatic rings. The standard InChI is InChI=1S/C18H20F2N5P/c19-11-1-4-14(23-9-11)24-7-8-25(18(10-24)5-6-18)17(22)15-13(26)3-2-12(20)16(15)21/h1-4,9,22H,5-8,10,21,26H2. The van der Waals surface area contributed by atoms with Gasteiger partial charge in [0, 0.05) is 25.2 Å². The lowest BCUT2D eigenvalue weighted by atomic mass is 10.1. The molecule has 2 fully saturated rings. The summed E-state index contributed by atoms with van der Waals surface area (Å²) in [6.45, 7) is 1.97. The van der Waals surface area contributed by atoms with E-state index in [0.29, 0.717) is 30.5 Å². The molecule has 0 radical (unpaired) electrons. The Morgan fingerprint density at radius 2 is 1.96 bits per heavy atom. The van der Waals surface area contributed by atoms with Gasteiger partial charge >= 0.3 is 0 Å². The Morgan fingerprint density at radius 3 is 2.62 bits per heavy atom. The number of piperazine rings is 1. The highest BCUT2D eigenvalue weighted by Gasteiger charge is 2.52. The van der Waals surface area contributed by atoms with Crippen LogP contribution >= 0.6 is 9.24 Å². The van der Waals surface area contributed by atoms with E-state index in [1.807, 2.05) is 4.90 Å². The molecular formula is C18H20F2N5P. The fourth-order valence-electron chi connectivity index (χ4n) is 3.66. The summed E-state index contributed by atoms with van der Waals surface area (Å²) < 4.78 is 27.0. The van der Waals surface area contributed by atoms with E-state index in [1.54, 1.807) is 12.1 Å². The van der Waals surface area contributed by atoms with Gasteiger partial charge in [-0.1, -0.05) is 6.07 Å². The van der Waals surface area contributed by atoms with Gasteiger partial charge in [0.05, 0.1) is 17.4 Å². The highest BCUT2D eigenvalue weighted by atomic mass is 31.0. The number of pyridine rings is 1. The van der Waals surface area contributed by atoms with Crippen LogP contribution in [0.25, 0.3) is 0 Å².